The van der Waals surface area contributed by atoms with Gasteiger partial charge in [-0.25, -0.2) is 22.8 Å². The van der Waals surface area contributed by atoms with Gasteiger partial charge >= 0.3 is 0 Å². The number of fused-ring (bicyclic) bond motifs is 1. The highest BCUT2D eigenvalue weighted by Crippen LogP contribution is 2.28. The Morgan fingerprint density at radius 2 is 1.81 bits per heavy atom. The molecule has 0 aliphatic rings. The minimum absolute atomic E-state index is 0.142. The number of halogens is 2. The summed E-state index contributed by atoms with van der Waals surface area (Å²) in [5, 5.41) is 0.0915. The van der Waals surface area contributed by atoms with E-state index >= 15 is 0 Å². The maximum atomic E-state index is 13.6. The molecule has 0 bridgehead atoms. The van der Waals surface area contributed by atoms with E-state index in [9.17, 15) is 17.6 Å². The van der Waals surface area contributed by atoms with Crippen LogP contribution in [0.15, 0.2) is 90.2 Å². The van der Waals surface area contributed by atoms with E-state index in [2.05, 4.69) is 14.7 Å². The van der Waals surface area contributed by atoms with Crippen molar-refractivity contribution in [1.82, 2.24) is 14.5 Å². The molecule has 0 atom stereocenters. The number of nitrogens with zero attached hydrogens (tertiary/aromatic N) is 3. The molecule has 0 aliphatic heterocycles. The number of benzene rings is 3. The largest absolute Gasteiger partial charge is 0.383 e. The molecule has 2 heterocycles. The first-order valence-corrected chi connectivity index (χ1v) is 12.8. The van der Waals surface area contributed by atoms with Crippen LogP contribution in [0.2, 0.25) is 5.02 Å². The number of sulfonamides is 1. The van der Waals surface area contributed by atoms with Gasteiger partial charge in [-0.05, 0) is 35.9 Å². The third kappa shape index (κ3) is 4.89. The molecule has 186 valence electrons. The molecule has 0 saturated carbocycles. The Morgan fingerprint density at radius 1 is 1.03 bits per heavy atom. The molecule has 37 heavy (non-hydrogen) atoms. The second-order valence-electron chi connectivity index (χ2n) is 8.21. The number of carbonyl (C=O) groups excluding carboxylic acids is 1. The Labute approximate surface area is 216 Å². The van der Waals surface area contributed by atoms with E-state index in [4.69, 9.17) is 17.3 Å². The van der Waals surface area contributed by atoms with Crippen LogP contribution in [-0.4, -0.2) is 28.7 Å². The molecule has 8 nitrogen and oxygen atoms in total. The number of carbonyl (C=O) groups is 1. The third-order valence-corrected chi connectivity index (χ3v) is 7.37. The van der Waals surface area contributed by atoms with Crippen LogP contribution in [-0.2, 0) is 16.6 Å². The van der Waals surface area contributed by atoms with Crippen molar-refractivity contribution >= 4 is 49.9 Å². The predicted octanol–water partition coefficient (Wildman–Crippen LogP) is 4.89. The second-order valence-corrected chi connectivity index (χ2v) is 10.3. The van der Waals surface area contributed by atoms with Crippen LogP contribution in [0.1, 0.15) is 21.5 Å². The summed E-state index contributed by atoms with van der Waals surface area (Å²) in [5.41, 5.74) is 8.30. The molecular weight excluding hydrogens is 517 g/mol. The first kappa shape index (κ1) is 24.4. The van der Waals surface area contributed by atoms with Crippen LogP contribution in [0.4, 0.5) is 15.9 Å². The van der Waals surface area contributed by atoms with Gasteiger partial charge in [0.1, 0.15) is 23.6 Å². The molecule has 11 heteroatoms. The van der Waals surface area contributed by atoms with E-state index in [0.717, 1.165) is 23.8 Å². The van der Waals surface area contributed by atoms with Crippen LogP contribution in [0.3, 0.4) is 0 Å². The van der Waals surface area contributed by atoms with Crippen molar-refractivity contribution < 1.29 is 17.6 Å². The summed E-state index contributed by atoms with van der Waals surface area (Å²) in [5.74, 6) is -0.961. The van der Waals surface area contributed by atoms with Crippen LogP contribution in [0.5, 0.6) is 0 Å². The molecule has 0 amide bonds. The van der Waals surface area contributed by atoms with E-state index in [1.54, 1.807) is 18.3 Å². The number of ketones is 1. The lowest BCUT2D eigenvalue weighted by atomic mass is 10.0. The number of nitrogen functional groups attached to an aromatic ring is 1. The van der Waals surface area contributed by atoms with Crippen LogP contribution >= 0.6 is 11.6 Å². The van der Waals surface area contributed by atoms with E-state index < -0.39 is 15.8 Å². The SMILES string of the molecule is Nc1ncnc2c1c(C(=O)c1cccc(NS(=O)(=O)c3ccc(F)c(Cl)c3)c1)cn2Cc1ccccc1. The van der Waals surface area contributed by atoms with Crippen molar-refractivity contribution in [1.29, 1.82) is 0 Å². The molecule has 3 N–H and O–H groups in total. The second kappa shape index (κ2) is 9.64. The Morgan fingerprint density at radius 3 is 2.57 bits per heavy atom. The molecule has 0 fully saturated rings. The lowest BCUT2D eigenvalue weighted by Crippen LogP contribution is -2.13. The molecule has 0 unspecified atom stereocenters. The Balaban J connectivity index is 1.50. The third-order valence-electron chi connectivity index (χ3n) is 5.70. The quantitative estimate of drug-likeness (QED) is 0.286. The maximum absolute atomic E-state index is 13.6. The first-order chi connectivity index (χ1) is 17.7. The smallest absolute Gasteiger partial charge is 0.261 e. The lowest BCUT2D eigenvalue weighted by molar-refractivity contribution is 0.104. The standard InChI is InChI=1S/C26H19ClFN5O3S/c27-21-12-19(9-10-22(21)28)37(35,36)32-18-8-4-7-17(11-18)24(34)20-14-33(13-16-5-2-1-3-6-16)26-23(20)25(29)30-15-31-26/h1-12,14-15,32H,13H2,(H2,29,30,31). The Bertz CT molecular complexity index is 1760. The van der Waals surface area contributed by atoms with E-state index in [0.29, 0.717) is 17.6 Å². The number of anilines is 2. The van der Waals surface area contributed by atoms with Crippen LogP contribution in [0, 0.1) is 5.82 Å². The van der Waals surface area contributed by atoms with Gasteiger partial charge in [0, 0.05) is 24.0 Å². The highest BCUT2D eigenvalue weighted by Gasteiger charge is 2.22. The number of hydrogen-bond acceptors (Lipinski definition) is 6. The van der Waals surface area contributed by atoms with Crippen molar-refractivity contribution in [3.8, 4) is 0 Å². The van der Waals surface area contributed by atoms with Crippen molar-refractivity contribution in [3.63, 3.8) is 0 Å². The number of rotatable bonds is 7. The Hall–Kier alpha value is -4.28. The average molecular weight is 536 g/mol. The average Bonchev–Trinajstić information content (AvgIpc) is 3.25. The van der Waals surface area contributed by atoms with Crippen molar-refractivity contribution in [2.75, 3.05) is 10.5 Å². The summed E-state index contributed by atoms with van der Waals surface area (Å²) in [6.07, 6.45) is 3.01. The highest BCUT2D eigenvalue weighted by atomic mass is 35.5. The Kier molecular flexibility index (Phi) is 6.36. The molecule has 0 radical (unpaired) electrons. The van der Waals surface area contributed by atoms with E-state index in [-0.39, 0.29) is 38.3 Å². The van der Waals surface area contributed by atoms with Crippen LogP contribution in [0.25, 0.3) is 11.0 Å². The van der Waals surface area contributed by atoms with E-state index in [1.807, 2.05) is 34.9 Å². The van der Waals surface area contributed by atoms with Gasteiger partial charge < -0.3 is 10.3 Å². The molecule has 0 saturated heterocycles. The van der Waals surface area contributed by atoms with Crippen LogP contribution < -0.4 is 10.5 Å². The number of aromatic nitrogens is 3. The summed E-state index contributed by atoms with van der Waals surface area (Å²) < 4.78 is 43.3. The lowest BCUT2D eigenvalue weighted by Gasteiger charge is -2.10. The minimum Gasteiger partial charge on any atom is -0.383 e. The molecule has 3 aromatic carbocycles. The summed E-state index contributed by atoms with van der Waals surface area (Å²) in [4.78, 5) is 21.8. The summed E-state index contributed by atoms with van der Waals surface area (Å²) in [6, 6.07) is 18.8. The predicted molar refractivity (Wildman–Crippen MR) is 140 cm³/mol. The minimum atomic E-state index is -4.09. The zero-order valence-electron chi connectivity index (χ0n) is 19.1. The van der Waals surface area contributed by atoms with Crippen molar-refractivity contribution in [2.45, 2.75) is 11.4 Å². The fourth-order valence-corrected chi connectivity index (χ4v) is 5.28. The van der Waals surface area contributed by atoms with Gasteiger partial charge in [-0.15, -0.1) is 0 Å². The monoisotopic (exact) mass is 535 g/mol. The first-order valence-electron chi connectivity index (χ1n) is 11.0. The zero-order chi connectivity index (χ0) is 26.2. The molecule has 5 aromatic rings. The summed E-state index contributed by atoms with van der Waals surface area (Å²) in [6.45, 7) is 0.459. The number of hydrogen-bond donors (Lipinski definition) is 2. The van der Waals surface area contributed by atoms with E-state index in [1.165, 1.54) is 18.5 Å². The molecule has 5 rings (SSSR count). The van der Waals surface area contributed by atoms with Gasteiger partial charge in [0.2, 0.25) is 0 Å². The number of nitrogens with two attached hydrogens (primary N) is 1. The normalized spacial score (nSPS) is 11.5. The fraction of sp³-hybridized carbons (Fsp3) is 0.0385. The highest BCUT2D eigenvalue weighted by molar-refractivity contribution is 7.92. The summed E-state index contributed by atoms with van der Waals surface area (Å²) >= 11 is 5.74. The topological polar surface area (TPSA) is 120 Å². The fourth-order valence-electron chi connectivity index (χ4n) is 3.96. The van der Waals surface area contributed by atoms with Gasteiger partial charge in [-0.3, -0.25) is 9.52 Å². The van der Waals surface area contributed by atoms with Gasteiger partial charge in [-0.1, -0.05) is 54.1 Å². The molecule has 2 aromatic heterocycles. The van der Waals surface area contributed by atoms with Gasteiger partial charge in [0.05, 0.1) is 20.9 Å². The van der Waals surface area contributed by atoms with Crippen molar-refractivity contribution in [3.05, 3.63) is 113 Å². The van der Waals surface area contributed by atoms with Crippen molar-refractivity contribution in [2.24, 2.45) is 0 Å². The molecular formula is C26H19ClFN5O3S. The van der Waals surface area contributed by atoms with Gasteiger partial charge in [0.15, 0.2) is 5.78 Å². The molecule has 0 spiro atoms. The summed E-state index contributed by atoms with van der Waals surface area (Å²) in [7, 11) is -4.09. The van der Waals surface area contributed by atoms with Gasteiger partial charge in [0.25, 0.3) is 10.0 Å². The molecule has 0 aliphatic carbocycles. The number of nitrogens with one attached hydrogen (secondary N) is 1. The zero-order valence-corrected chi connectivity index (χ0v) is 20.7. The van der Waals surface area contributed by atoms with Gasteiger partial charge in [-0.2, -0.15) is 0 Å². The maximum Gasteiger partial charge on any atom is 0.261 e.